The van der Waals surface area contributed by atoms with Gasteiger partial charge in [0.25, 0.3) is 0 Å². The summed E-state index contributed by atoms with van der Waals surface area (Å²) < 4.78 is 11.2. The molecule has 0 radical (unpaired) electrons. The minimum Gasteiger partial charge on any atom is -0.465 e. The lowest BCUT2D eigenvalue weighted by atomic mass is 10.00. The van der Waals surface area contributed by atoms with Gasteiger partial charge in [0.15, 0.2) is 0 Å². The molecule has 2 atom stereocenters. The minimum absolute atomic E-state index is 0.0361. The number of carbonyl (C=O) groups is 3. The Kier molecular flexibility index (Phi) is 17.6. The standard InChI is InChI=1S/C33H60N2O5S/c1-27(2)15-16-31(37)39-25-28(24-29(36)12-7-8-13-30-14-11-23-41-30)26-40-32(38)17-20-35(33(3,4)5)22-21-34-18-9-6-10-19-34/h27-28,30H,6-26H2,1-5H3. The lowest BCUT2D eigenvalue weighted by Crippen LogP contribution is -2.47. The molecule has 0 saturated carbocycles. The summed E-state index contributed by atoms with van der Waals surface area (Å²) in [6, 6.07) is 0. The highest BCUT2D eigenvalue weighted by Gasteiger charge is 2.24. The van der Waals surface area contributed by atoms with Crippen LogP contribution >= 0.6 is 11.8 Å². The number of Topliss-reactive ketones (excluding diaryl/α,β-unsaturated/α-hetero) is 1. The number of thioether (sulfide) groups is 1. The van der Waals surface area contributed by atoms with Gasteiger partial charge in [-0.25, -0.2) is 0 Å². The van der Waals surface area contributed by atoms with E-state index in [0.717, 1.165) is 37.6 Å². The van der Waals surface area contributed by atoms with Crippen LogP contribution < -0.4 is 0 Å². The van der Waals surface area contributed by atoms with Crippen LogP contribution in [0.15, 0.2) is 0 Å². The summed E-state index contributed by atoms with van der Waals surface area (Å²) in [5.41, 5.74) is -0.0361. The molecule has 2 aliphatic rings. The second kappa shape index (κ2) is 20.0. The van der Waals surface area contributed by atoms with E-state index in [1.165, 1.54) is 57.4 Å². The lowest BCUT2D eigenvalue weighted by Gasteiger charge is -2.37. The van der Waals surface area contributed by atoms with Gasteiger partial charge < -0.3 is 14.4 Å². The van der Waals surface area contributed by atoms with Crippen molar-refractivity contribution in [2.45, 2.75) is 129 Å². The van der Waals surface area contributed by atoms with Gasteiger partial charge in [-0.3, -0.25) is 19.3 Å². The molecule has 2 unspecified atom stereocenters. The number of esters is 2. The van der Waals surface area contributed by atoms with Crippen LogP contribution in [0, 0.1) is 11.8 Å². The average Bonchev–Trinajstić information content (AvgIpc) is 3.45. The Balaban J connectivity index is 1.79. The van der Waals surface area contributed by atoms with Crippen LogP contribution in [-0.2, 0) is 23.9 Å². The normalized spacial score (nSPS) is 19.0. The molecule has 0 spiro atoms. The SMILES string of the molecule is CC(C)CCC(=O)OCC(COC(=O)CCN(CCN1CCCCC1)C(C)(C)C)CC(=O)CCCCC1CCCS1. The molecule has 0 aromatic rings. The van der Waals surface area contributed by atoms with Gasteiger partial charge in [0.2, 0.25) is 0 Å². The van der Waals surface area contributed by atoms with Crippen molar-refractivity contribution in [2.75, 3.05) is 51.7 Å². The molecule has 41 heavy (non-hydrogen) atoms. The first-order valence-corrected chi connectivity index (χ1v) is 17.5. The number of piperidine rings is 1. The Labute approximate surface area is 255 Å². The fourth-order valence-corrected chi connectivity index (χ4v) is 6.92. The molecule has 8 heteroatoms. The zero-order valence-electron chi connectivity index (χ0n) is 26.9. The highest BCUT2D eigenvalue weighted by atomic mass is 32.2. The summed E-state index contributed by atoms with van der Waals surface area (Å²) in [4.78, 5) is 42.7. The van der Waals surface area contributed by atoms with Gasteiger partial charge in [-0.15, -0.1) is 0 Å². The predicted molar refractivity (Wildman–Crippen MR) is 169 cm³/mol. The summed E-state index contributed by atoms with van der Waals surface area (Å²) in [5, 5.41) is 0.765. The first kappa shape index (κ1) is 36.1. The van der Waals surface area contributed by atoms with E-state index in [4.69, 9.17) is 9.47 Å². The van der Waals surface area contributed by atoms with E-state index in [1.807, 2.05) is 0 Å². The highest BCUT2D eigenvalue weighted by Crippen LogP contribution is 2.30. The molecule has 7 nitrogen and oxygen atoms in total. The van der Waals surface area contributed by atoms with Crippen LogP contribution in [0.25, 0.3) is 0 Å². The van der Waals surface area contributed by atoms with Crippen molar-refractivity contribution in [3.05, 3.63) is 0 Å². The Bertz CT molecular complexity index is 757. The van der Waals surface area contributed by atoms with E-state index < -0.39 is 0 Å². The first-order valence-electron chi connectivity index (χ1n) is 16.4. The molecule has 2 aliphatic heterocycles. The molecule has 0 aromatic carbocycles. The van der Waals surface area contributed by atoms with E-state index in [0.29, 0.717) is 31.7 Å². The second-order valence-electron chi connectivity index (χ2n) is 13.6. The number of ketones is 1. The zero-order chi connectivity index (χ0) is 30.1. The largest absolute Gasteiger partial charge is 0.465 e. The molecular formula is C33H60N2O5S. The van der Waals surface area contributed by atoms with Crippen molar-refractivity contribution in [1.82, 2.24) is 9.80 Å². The Hall–Kier alpha value is -1.12. The van der Waals surface area contributed by atoms with Crippen molar-refractivity contribution >= 4 is 29.5 Å². The topological polar surface area (TPSA) is 76.2 Å². The van der Waals surface area contributed by atoms with Crippen molar-refractivity contribution < 1.29 is 23.9 Å². The molecule has 0 aliphatic carbocycles. The Morgan fingerprint density at radius 1 is 0.902 bits per heavy atom. The Morgan fingerprint density at radius 2 is 1.59 bits per heavy atom. The van der Waals surface area contributed by atoms with Gasteiger partial charge in [0.1, 0.15) is 5.78 Å². The molecule has 0 N–H and O–H groups in total. The minimum atomic E-state index is -0.294. The molecule has 2 saturated heterocycles. The van der Waals surface area contributed by atoms with Crippen LogP contribution in [0.4, 0.5) is 0 Å². The maximum Gasteiger partial charge on any atom is 0.307 e. The summed E-state index contributed by atoms with van der Waals surface area (Å²) in [5.74, 6) is 1.07. The number of unbranched alkanes of at least 4 members (excludes halogenated alkanes) is 1. The molecule has 2 heterocycles. The smallest absolute Gasteiger partial charge is 0.307 e. The first-order chi connectivity index (χ1) is 19.5. The van der Waals surface area contributed by atoms with Crippen LogP contribution in [0.5, 0.6) is 0 Å². The van der Waals surface area contributed by atoms with Crippen LogP contribution in [0.2, 0.25) is 0 Å². The van der Waals surface area contributed by atoms with Gasteiger partial charge in [-0.1, -0.05) is 26.7 Å². The summed E-state index contributed by atoms with van der Waals surface area (Å²) in [7, 11) is 0. The fourth-order valence-electron chi connectivity index (χ4n) is 5.58. The summed E-state index contributed by atoms with van der Waals surface area (Å²) in [6.07, 6.45) is 12.0. The maximum absolute atomic E-state index is 12.8. The third kappa shape index (κ3) is 16.9. The van der Waals surface area contributed by atoms with Gasteiger partial charge >= 0.3 is 11.9 Å². The molecule has 238 valence electrons. The summed E-state index contributed by atoms with van der Waals surface area (Å²) >= 11 is 2.06. The van der Waals surface area contributed by atoms with E-state index in [-0.39, 0.29) is 48.8 Å². The van der Waals surface area contributed by atoms with Crippen LogP contribution in [-0.4, -0.2) is 90.0 Å². The van der Waals surface area contributed by atoms with Gasteiger partial charge in [0.05, 0.1) is 19.6 Å². The number of hydrogen-bond acceptors (Lipinski definition) is 8. The van der Waals surface area contributed by atoms with E-state index >= 15 is 0 Å². The maximum atomic E-state index is 12.8. The van der Waals surface area contributed by atoms with Gasteiger partial charge in [0, 0.05) is 55.6 Å². The van der Waals surface area contributed by atoms with Crippen molar-refractivity contribution in [1.29, 1.82) is 0 Å². The zero-order valence-corrected chi connectivity index (χ0v) is 27.7. The second-order valence-corrected chi connectivity index (χ2v) is 15.0. The molecule has 0 aromatic heterocycles. The molecule has 2 fully saturated rings. The van der Waals surface area contributed by atoms with E-state index in [2.05, 4.69) is 56.2 Å². The highest BCUT2D eigenvalue weighted by molar-refractivity contribution is 8.00. The van der Waals surface area contributed by atoms with E-state index in [1.54, 1.807) is 0 Å². The third-order valence-electron chi connectivity index (χ3n) is 8.33. The molecule has 0 bridgehead atoms. The van der Waals surface area contributed by atoms with Crippen molar-refractivity contribution in [2.24, 2.45) is 11.8 Å². The summed E-state index contributed by atoms with van der Waals surface area (Å²) in [6.45, 7) is 15.9. The van der Waals surface area contributed by atoms with Crippen LogP contribution in [0.1, 0.15) is 118 Å². The van der Waals surface area contributed by atoms with Crippen LogP contribution in [0.3, 0.4) is 0 Å². The van der Waals surface area contributed by atoms with E-state index in [9.17, 15) is 14.4 Å². The number of carbonyl (C=O) groups excluding carboxylic acids is 3. The van der Waals surface area contributed by atoms with Gasteiger partial charge in [-0.2, -0.15) is 11.8 Å². The third-order valence-corrected chi connectivity index (χ3v) is 9.79. The fraction of sp³-hybridized carbons (Fsp3) is 0.909. The lowest BCUT2D eigenvalue weighted by molar-refractivity contribution is -0.150. The molecule has 2 rings (SSSR count). The number of hydrogen-bond donors (Lipinski definition) is 0. The number of likely N-dealkylation sites (tertiary alicyclic amines) is 1. The number of ether oxygens (including phenoxy) is 2. The monoisotopic (exact) mass is 596 g/mol. The number of nitrogens with zero attached hydrogens (tertiary/aromatic N) is 2. The van der Waals surface area contributed by atoms with Crippen molar-refractivity contribution in [3.8, 4) is 0 Å². The Morgan fingerprint density at radius 3 is 2.20 bits per heavy atom. The molecular weight excluding hydrogens is 536 g/mol. The van der Waals surface area contributed by atoms with Gasteiger partial charge in [-0.05, 0) is 90.5 Å². The average molecular weight is 597 g/mol. The predicted octanol–water partition coefficient (Wildman–Crippen LogP) is 6.52. The van der Waals surface area contributed by atoms with Crippen molar-refractivity contribution in [3.63, 3.8) is 0 Å². The quantitative estimate of drug-likeness (QED) is 0.116. The molecule has 0 amide bonds. The number of rotatable bonds is 20.